The summed E-state index contributed by atoms with van der Waals surface area (Å²) in [6.07, 6.45) is 11.0. The van der Waals surface area contributed by atoms with E-state index >= 15 is 0 Å². The van der Waals surface area contributed by atoms with Crippen molar-refractivity contribution in [2.75, 3.05) is 54.8 Å². The fourth-order valence-corrected chi connectivity index (χ4v) is 9.46. The Bertz CT molecular complexity index is 2480. The molecular formula is C44H50N13NaO5. The Labute approximate surface area is 387 Å². The number of nitrogens with zero attached hydrogens (tertiary/aromatic N) is 11. The minimum atomic E-state index is -1.35. The number of hydrogen-bond acceptors (Lipinski definition) is 13. The van der Waals surface area contributed by atoms with Crippen molar-refractivity contribution in [1.29, 1.82) is 0 Å². The summed E-state index contributed by atoms with van der Waals surface area (Å²) in [5.74, 6) is -0.743. The average Bonchev–Trinajstić information content (AvgIpc) is 4.05. The number of hydrogen-bond donors (Lipinski definition) is 2. The van der Waals surface area contributed by atoms with Gasteiger partial charge in [-0.1, -0.05) is 53.6 Å². The maximum atomic E-state index is 13.1. The smallest absolute Gasteiger partial charge is 0.543 e. The van der Waals surface area contributed by atoms with Crippen LogP contribution >= 0.6 is 0 Å². The molecule has 3 atom stereocenters. The second kappa shape index (κ2) is 19.5. The van der Waals surface area contributed by atoms with Crippen LogP contribution in [0.4, 0.5) is 17.2 Å². The molecule has 5 aromatic rings. The van der Waals surface area contributed by atoms with Gasteiger partial charge in [0.05, 0.1) is 49.6 Å². The Morgan fingerprint density at radius 2 is 1.25 bits per heavy atom. The molecule has 1 aliphatic carbocycles. The maximum absolute atomic E-state index is 13.1. The molecule has 0 bridgehead atoms. The molecule has 4 aliphatic heterocycles. The van der Waals surface area contributed by atoms with Crippen LogP contribution in [0.3, 0.4) is 0 Å². The number of aromatic carboxylic acids is 1. The summed E-state index contributed by atoms with van der Waals surface area (Å²) in [5, 5.41) is 29.5. The summed E-state index contributed by atoms with van der Waals surface area (Å²) in [6, 6.07) is 19.3. The fourth-order valence-electron chi connectivity index (χ4n) is 9.46. The first kappa shape index (κ1) is 44.1. The summed E-state index contributed by atoms with van der Waals surface area (Å²) < 4.78 is 3.10. The van der Waals surface area contributed by atoms with Crippen molar-refractivity contribution in [2.24, 2.45) is 0 Å². The van der Waals surface area contributed by atoms with Crippen LogP contribution in [-0.4, -0.2) is 120 Å². The van der Waals surface area contributed by atoms with Crippen LogP contribution in [0.15, 0.2) is 73.1 Å². The van der Waals surface area contributed by atoms with E-state index in [0.29, 0.717) is 32.0 Å². The molecule has 3 aromatic heterocycles. The van der Waals surface area contributed by atoms with Crippen molar-refractivity contribution in [2.45, 2.75) is 82.6 Å². The SMILES string of the molecule is Nc1ccc2c(n1)CCC2NC(=O)c1cn(Cc2cccc(N3CCN4CCCCC4C3=O)c2)nn1.O=C([O-])c1cn(Cc2cccc(N3CCN4CCCCC4C3=O)c2)nn1.[Na+]. The number of aromatic nitrogens is 7. The zero-order valence-electron chi connectivity index (χ0n) is 35.5. The zero-order valence-corrected chi connectivity index (χ0v) is 37.5. The van der Waals surface area contributed by atoms with Crippen molar-refractivity contribution < 1.29 is 53.8 Å². The molecule has 3 N–H and O–H groups in total. The average molecular weight is 864 g/mol. The van der Waals surface area contributed by atoms with Crippen molar-refractivity contribution >= 4 is 40.9 Å². The van der Waals surface area contributed by atoms with E-state index in [1.165, 1.54) is 23.7 Å². The minimum absolute atomic E-state index is 0. The Morgan fingerprint density at radius 1 is 0.698 bits per heavy atom. The molecule has 63 heavy (non-hydrogen) atoms. The quantitative estimate of drug-likeness (QED) is 0.167. The standard InChI is InChI=1S/C26H30N8O2.C18H21N5O3.Na/c27-24-10-7-19-20(28-24)8-9-21(19)29-25(35)22-16-33(31-30-22)15-17-4-3-5-18(14-17)34-13-12-32-11-2-1-6-23(32)26(34)36;24-17-16-6-1-2-7-21(16)8-9-23(17)14-5-3-4-13(10-14)11-22-12-15(18(25)26)19-20-22;/h3-5,7,10,14,16,21,23H,1-2,6,8-9,11-13,15H2,(H2,27,28)(H,29,35);3-5,10,12,16H,1-2,6-9,11H2,(H,25,26);/q;;+1/p-1. The number of carbonyl (C=O) groups is 4. The first-order chi connectivity index (χ1) is 30.2. The Morgan fingerprint density at radius 3 is 1.81 bits per heavy atom. The molecule has 2 aromatic carbocycles. The van der Waals surface area contributed by atoms with Gasteiger partial charge in [-0.25, -0.2) is 14.3 Å². The minimum Gasteiger partial charge on any atom is -0.543 e. The number of nitrogens with one attached hydrogen (secondary N) is 1. The fraction of sp³-hybridized carbons (Fsp3) is 0.432. The van der Waals surface area contributed by atoms with E-state index in [1.54, 1.807) is 16.9 Å². The van der Waals surface area contributed by atoms with Crippen molar-refractivity contribution in [3.8, 4) is 0 Å². The third kappa shape index (κ3) is 9.84. The first-order valence-electron chi connectivity index (χ1n) is 21.5. The third-order valence-corrected chi connectivity index (χ3v) is 12.6. The summed E-state index contributed by atoms with van der Waals surface area (Å²) in [4.78, 5) is 62.4. The van der Waals surface area contributed by atoms with Crippen molar-refractivity contribution in [1.82, 2.24) is 50.1 Å². The van der Waals surface area contributed by atoms with Crippen LogP contribution in [-0.2, 0) is 29.1 Å². The van der Waals surface area contributed by atoms with Crippen LogP contribution in [0, 0.1) is 0 Å². The number of rotatable bonds is 9. The number of amides is 3. The van der Waals surface area contributed by atoms with Crippen LogP contribution < -0.4 is 55.5 Å². The molecule has 7 heterocycles. The first-order valence-corrected chi connectivity index (χ1v) is 21.5. The van der Waals surface area contributed by atoms with Gasteiger partial charge >= 0.3 is 29.6 Å². The number of piperidine rings is 2. The van der Waals surface area contributed by atoms with Gasteiger partial charge in [0.2, 0.25) is 11.8 Å². The van der Waals surface area contributed by atoms with Gasteiger partial charge in [-0.3, -0.25) is 24.2 Å². The van der Waals surface area contributed by atoms with Crippen molar-refractivity contribution in [3.05, 3.63) is 107 Å². The predicted octanol–water partition coefficient (Wildman–Crippen LogP) is -1.18. The normalized spacial score (nSPS) is 21.0. The molecule has 4 saturated heterocycles. The van der Waals surface area contributed by atoms with Gasteiger partial charge in [0.25, 0.3) is 5.91 Å². The molecule has 0 radical (unpaired) electrons. The van der Waals surface area contributed by atoms with Gasteiger partial charge in [0.15, 0.2) is 5.69 Å². The molecule has 19 heteroatoms. The number of carboxylic acid groups (broad SMARTS) is 1. The largest absolute Gasteiger partial charge is 1.00 e. The van der Waals surface area contributed by atoms with Gasteiger partial charge in [0.1, 0.15) is 11.5 Å². The molecule has 0 saturated carbocycles. The zero-order chi connectivity index (χ0) is 42.7. The van der Waals surface area contributed by atoms with E-state index in [0.717, 1.165) is 98.5 Å². The number of carboxylic acids is 1. The molecule has 18 nitrogen and oxygen atoms in total. The molecule has 0 spiro atoms. The molecule has 5 aliphatic rings. The van der Waals surface area contributed by atoms with E-state index in [2.05, 4.69) is 40.7 Å². The van der Waals surface area contributed by atoms with Crippen LogP contribution in [0.25, 0.3) is 0 Å². The number of nitrogen functional groups attached to an aromatic ring is 1. The monoisotopic (exact) mass is 863 g/mol. The van der Waals surface area contributed by atoms with Gasteiger partial charge in [0, 0.05) is 43.2 Å². The Balaban J connectivity index is 0.000000179. The van der Waals surface area contributed by atoms with Crippen LogP contribution in [0.5, 0.6) is 0 Å². The summed E-state index contributed by atoms with van der Waals surface area (Å²) >= 11 is 0. The molecule has 322 valence electrons. The Kier molecular flexibility index (Phi) is 13.6. The van der Waals surface area contributed by atoms with Crippen LogP contribution in [0.1, 0.15) is 94.3 Å². The molecule has 3 unspecified atom stereocenters. The maximum Gasteiger partial charge on any atom is 1.00 e. The number of fused-ring (bicyclic) bond motifs is 3. The van der Waals surface area contributed by atoms with E-state index in [-0.39, 0.29) is 76.8 Å². The van der Waals surface area contributed by atoms with Gasteiger partial charge in [-0.15, -0.1) is 10.2 Å². The van der Waals surface area contributed by atoms with Gasteiger partial charge in [-0.05, 0) is 98.6 Å². The summed E-state index contributed by atoms with van der Waals surface area (Å²) in [6.45, 7) is 6.08. The summed E-state index contributed by atoms with van der Waals surface area (Å²) in [7, 11) is 0. The van der Waals surface area contributed by atoms with E-state index in [9.17, 15) is 24.3 Å². The second-order valence-corrected chi connectivity index (χ2v) is 16.6. The number of carbonyl (C=O) groups excluding carboxylic acids is 4. The van der Waals surface area contributed by atoms with Gasteiger partial charge < -0.3 is 30.8 Å². The third-order valence-electron chi connectivity index (χ3n) is 12.6. The molecule has 4 fully saturated rings. The number of anilines is 3. The molecule has 3 amide bonds. The van der Waals surface area contributed by atoms with E-state index in [1.807, 2.05) is 64.4 Å². The second-order valence-electron chi connectivity index (χ2n) is 16.6. The Hall–Kier alpha value is -5.53. The topological polar surface area (TPSA) is 217 Å². The van der Waals surface area contributed by atoms with Crippen molar-refractivity contribution in [3.63, 3.8) is 0 Å². The predicted molar refractivity (Wildman–Crippen MR) is 226 cm³/mol. The number of nitrogens with two attached hydrogens (primary N) is 1. The number of benzene rings is 2. The number of aryl methyl sites for hydroxylation is 1. The van der Waals surface area contributed by atoms with Crippen LogP contribution in [0.2, 0.25) is 0 Å². The molecule has 10 rings (SSSR count). The van der Waals surface area contributed by atoms with E-state index in [4.69, 9.17) is 5.73 Å². The summed E-state index contributed by atoms with van der Waals surface area (Å²) in [5.41, 5.74) is 11.5. The number of piperazine rings is 2. The number of pyridine rings is 1. The van der Waals surface area contributed by atoms with E-state index < -0.39 is 5.97 Å². The van der Waals surface area contributed by atoms with Gasteiger partial charge in [-0.2, -0.15) is 0 Å². The molecular weight excluding hydrogens is 814 g/mol.